The van der Waals surface area contributed by atoms with Gasteiger partial charge in [0.25, 0.3) is 0 Å². The summed E-state index contributed by atoms with van der Waals surface area (Å²) in [5.74, 6) is 1.67. The van der Waals surface area contributed by atoms with Crippen molar-refractivity contribution >= 4 is 5.84 Å². The van der Waals surface area contributed by atoms with Gasteiger partial charge in [-0.15, -0.1) is 0 Å². The zero-order valence-corrected chi connectivity index (χ0v) is 11.8. The molecule has 2 aromatic carbocycles. The fourth-order valence-electron chi connectivity index (χ4n) is 3.26. The number of nitrogens with zero attached hydrogens (tertiary/aromatic N) is 2. The molecule has 21 heavy (non-hydrogen) atoms. The molecule has 106 valence electrons. The molecule has 0 aliphatic carbocycles. The van der Waals surface area contributed by atoms with Gasteiger partial charge in [0.1, 0.15) is 11.6 Å². The van der Waals surface area contributed by atoms with Gasteiger partial charge in [-0.3, -0.25) is 4.99 Å². The molecule has 1 N–H and O–H groups in total. The molecular formula is C17H16N2O2. The van der Waals surface area contributed by atoms with Crippen molar-refractivity contribution in [2.24, 2.45) is 4.99 Å². The van der Waals surface area contributed by atoms with E-state index in [2.05, 4.69) is 4.99 Å². The van der Waals surface area contributed by atoms with Gasteiger partial charge in [0.15, 0.2) is 5.72 Å². The lowest BCUT2D eigenvalue weighted by Gasteiger charge is -2.33. The minimum absolute atomic E-state index is 0.724. The fraction of sp³-hybridized carbons (Fsp3) is 0.235. The van der Waals surface area contributed by atoms with E-state index in [0.29, 0.717) is 0 Å². The number of methoxy groups -OCH3 is 1. The van der Waals surface area contributed by atoms with Crippen LogP contribution in [0.5, 0.6) is 5.75 Å². The number of hydrogen-bond acceptors (Lipinski definition) is 4. The maximum absolute atomic E-state index is 11.5. The molecule has 2 aromatic rings. The number of rotatable bonds is 2. The van der Waals surface area contributed by atoms with Gasteiger partial charge in [-0.25, -0.2) is 0 Å². The second kappa shape index (κ2) is 4.33. The number of aliphatic hydroxyl groups is 1. The Kier molecular flexibility index (Phi) is 2.56. The van der Waals surface area contributed by atoms with Crippen LogP contribution >= 0.6 is 0 Å². The molecule has 2 aliphatic heterocycles. The Morgan fingerprint density at radius 3 is 2.67 bits per heavy atom. The Morgan fingerprint density at radius 1 is 1.14 bits per heavy atom. The Morgan fingerprint density at radius 2 is 1.90 bits per heavy atom. The smallest absolute Gasteiger partial charge is 0.193 e. The first kappa shape index (κ1) is 12.4. The molecule has 4 rings (SSSR count). The largest absolute Gasteiger partial charge is 0.497 e. The minimum atomic E-state index is -1.14. The van der Waals surface area contributed by atoms with Crippen molar-refractivity contribution in [1.29, 1.82) is 0 Å². The fourth-order valence-corrected chi connectivity index (χ4v) is 3.26. The number of hydrogen-bond donors (Lipinski definition) is 1. The van der Waals surface area contributed by atoms with Crippen LogP contribution in [-0.2, 0) is 5.72 Å². The highest BCUT2D eigenvalue weighted by Crippen LogP contribution is 2.43. The number of aliphatic imine (C=N–C) groups is 1. The number of ether oxygens (including phenoxy) is 1. The van der Waals surface area contributed by atoms with Gasteiger partial charge in [0.05, 0.1) is 13.7 Å². The van der Waals surface area contributed by atoms with Gasteiger partial charge < -0.3 is 14.7 Å². The lowest BCUT2D eigenvalue weighted by Crippen LogP contribution is -2.43. The maximum atomic E-state index is 11.5. The first-order valence-corrected chi connectivity index (χ1v) is 7.04. The van der Waals surface area contributed by atoms with Crippen molar-refractivity contribution in [3.63, 3.8) is 0 Å². The summed E-state index contributed by atoms with van der Waals surface area (Å²) < 4.78 is 5.20. The van der Waals surface area contributed by atoms with E-state index in [9.17, 15) is 5.11 Å². The SMILES string of the molecule is COc1ccc([C@@]2(O)c3ccccc3C3=NCCN32)cc1. The highest BCUT2D eigenvalue weighted by molar-refractivity contribution is 6.05. The Balaban J connectivity index is 1.91. The third kappa shape index (κ3) is 1.56. The van der Waals surface area contributed by atoms with Gasteiger partial charge in [-0.2, -0.15) is 0 Å². The van der Waals surface area contributed by atoms with Gasteiger partial charge in [0.2, 0.25) is 0 Å². The van der Waals surface area contributed by atoms with Crippen molar-refractivity contribution in [2.45, 2.75) is 5.72 Å². The second-order valence-corrected chi connectivity index (χ2v) is 5.30. The number of amidine groups is 1. The molecule has 0 saturated heterocycles. The molecule has 1 atom stereocenters. The molecule has 0 unspecified atom stereocenters. The summed E-state index contributed by atoms with van der Waals surface area (Å²) in [6.45, 7) is 1.45. The molecule has 0 amide bonds. The Bertz CT molecular complexity index is 724. The molecular weight excluding hydrogens is 264 g/mol. The van der Waals surface area contributed by atoms with Gasteiger partial charge in [-0.05, 0) is 12.1 Å². The molecule has 0 aromatic heterocycles. The summed E-state index contributed by atoms with van der Waals surface area (Å²) in [6.07, 6.45) is 0. The third-order valence-electron chi connectivity index (χ3n) is 4.27. The Hall–Kier alpha value is -2.33. The number of fused-ring (bicyclic) bond motifs is 3. The molecule has 0 spiro atoms. The van der Waals surface area contributed by atoms with Crippen LogP contribution in [0.15, 0.2) is 53.5 Å². The van der Waals surface area contributed by atoms with E-state index >= 15 is 0 Å². The average molecular weight is 280 g/mol. The van der Waals surface area contributed by atoms with E-state index in [1.165, 1.54) is 0 Å². The minimum Gasteiger partial charge on any atom is -0.497 e. The van der Waals surface area contributed by atoms with Crippen molar-refractivity contribution in [1.82, 2.24) is 4.90 Å². The summed E-state index contributed by atoms with van der Waals surface area (Å²) in [4.78, 5) is 6.54. The summed E-state index contributed by atoms with van der Waals surface area (Å²) in [6, 6.07) is 15.5. The van der Waals surface area contributed by atoms with Crippen molar-refractivity contribution in [3.05, 3.63) is 65.2 Å². The molecule has 2 aliphatic rings. The number of benzene rings is 2. The standard InChI is InChI=1S/C17H16N2O2/c1-21-13-8-6-12(7-9-13)17(20)15-5-3-2-4-14(15)16-18-10-11-19(16)17/h2-9,20H,10-11H2,1H3/t17-/m1/s1. The molecule has 0 fully saturated rings. The van der Waals surface area contributed by atoms with Crippen LogP contribution in [0.25, 0.3) is 0 Å². The lowest BCUT2D eigenvalue weighted by molar-refractivity contribution is -0.0242. The predicted molar refractivity (Wildman–Crippen MR) is 80.5 cm³/mol. The highest BCUT2D eigenvalue weighted by Gasteiger charge is 2.49. The van der Waals surface area contributed by atoms with Crippen LogP contribution < -0.4 is 4.74 Å². The van der Waals surface area contributed by atoms with E-state index < -0.39 is 5.72 Å². The van der Waals surface area contributed by atoms with Crippen molar-refractivity contribution in [3.8, 4) is 5.75 Å². The first-order valence-electron chi connectivity index (χ1n) is 7.04. The van der Waals surface area contributed by atoms with Gasteiger partial charge in [-0.1, -0.05) is 36.4 Å². The monoisotopic (exact) mass is 280 g/mol. The van der Waals surface area contributed by atoms with Crippen LogP contribution in [0.4, 0.5) is 0 Å². The highest BCUT2D eigenvalue weighted by atomic mass is 16.5. The molecule has 4 heteroatoms. The average Bonchev–Trinajstić information content (AvgIpc) is 3.11. The van der Waals surface area contributed by atoms with E-state index in [4.69, 9.17) is 4.74 Å². The zero-order valence-electron chi connectivity index (χ0n) is 11.8. The molecule has 0 radical (unpaired) electrons. The Labute approximate surface area is 123 Å². The summed E-state index contributed by atoms with van der Waals surface area (Å²) in [5, 5.41) is 11.5. The zero-order chi connectivity index (χ0) is 14.4. The van der Waals surface area contributed by atoms with E-state index in [1.54, 1.807) is 7.11 Å². The molecule has 4 nitrogen and oxygen atoms in total. The van der Waals surface area contributed by atoms with Crippen molar-refractivity contribution in [2.75, 3.05) is 20.2 Å². The predicted octanol–water partition coefficient (Wildman–Crippen LogP) is 1.96. The third-order valence-corrected chi connectivity index (χ3v) is 4.27. The maximum Gasteiger partial charge on any atom is 0.193 e. The van der Waals surface area contributed by atoms with E-state index in [-0.39, 0.29) is 0 Å². The topological polar surface area (TPSA) is 45.1 Å². The van der Waals surface area contributed by atoms with Crippen LogP contribution in [0.2, 0.25) is 0 Å². The second-order valence-electron chi connectivity index (χ2n) is 5.30. The quantitative estimate of drug-likeness (QED) is 0.914. The van der Waals surface area contributed by atoms with Crippen LogP contribution in [0.3, 0.4) is 0 Å². The molecule has 0 bridgehead atoms. The van der Waals surface area contributed by atoms with Crippen molar-refractivity contribution < 1.29 is 9.84 Å². The normalized spacial score (nSPS) is 22.8. The van der Waals surface area contributed by atoms with Crippen LogP contribution in [0, 0.1) is 0 Å². The van der Waals surface area contributed by atoms with E-state index in [1.807, 2.05) is 53.4 Å². The van der Waals surface area contributed by atoms with Crippen LogP contribution in [-0.4, -0.2) is 36.0 Å². The summed E-state index contributed by atoms with van der Waals surface area (Å²) in [5.41, 5.74) is 1.61. The summed E-state index contributed by atoms with van der Waals surface area (Å²) in [7, 11) is 1.64. The van der Waals surface area contributed by atoms with Gasteiger partial charge >= 0.3 is 0 Å². The van der Waals surface area contributed by atoms with Crippen LogP contribution in [0.1, 0.15) is 16.7 Å². The molecule has 2 heterocycles. The van der Waals surface area contributed by atoms with Gasteiger partial charge in [0, 0.05) is 23.2 Å². The lowest BCUT2D eigenvalue weighted by atomic mass is 9.93. The molecule has 0 saturated carbocycles. The summed E-state index contributed by atoms with van der Waals surface area (Å²) >= 11 is 0. The van der Waals surface area contributed by atoms with E-state index in [0.717, 1.165) is 41.4 Å². The first-order chi connectivity index (χ1) is 10.2.